The number of nitrogens with zero attached hydrogens (tertiary/aromatic N) is 1. The van der Waals surface area contributed by atoms with Crippen LogP contribution in [0.4, 0.5) is 0 Å². The van der Waals surface area contributed by atoms with Crippen molar-refractivity contribution in [1.82, 2.24) is 4.90 Å². The topological polar surface area (TPSA) is 40.5 Å². The molecule has 0 aliphatic heterocycles. The highest BCUT2D eigenvalue weighted by atomic mass is 79.9. The number of carbonyl (C=O) groups excluding carboxylic acids is 1. The van der Waals surface area contributed by atoms with Crippen molar-refractivity contribution in [3.63, 3.8) is 0 Å². The Bertz CT molecular complexity index is 443. The van der Waals surface area contributed by atoms with Crippen LogP contribution in [-0.2, 0) is 0 Å². The van der Waals surface area contributed by atoms with Gasteiger partial charge in [-0.25, -0.2) is 0 Å². The number of phenols is 1. The minimum absolute atomic E-state index is 0.0802. The quantitative estimate of drug-likeness (QED) is 0.868. The Morgan fingerprint density at radius 1 is 1.50 bits per heavy atom. The van der Waals surface area contributed by atoms with Gasteiger partial charge in [-0.3, -0.25) is 4.79 Å². The summed E-state index contributed by atoms with van der Waals surface area (Å²) in [7, 11) is 0. The normalized spacial score (nSPS) is 15.2. The van der Waals surface area contributed by atoms with Crippen LogP contribution in [0, 0.1) is 6.92 Å². The summed E-state index contributed by atoms with van der Waals surface area (Å²) in [6.45, 7) is 2.60. The number of benzene rings is 1. The molecule has 0 heterocycles. The molecule has 1 aromatic carbocycles. The average molecular weight is 312 g/mol. The predicted octanol–water partition coefficient (Wildman–Crippen LogP) is 3.09. The number of hydrogen-bond acceptors (Lipinski definition) is 2. The number of aryl methyl sites for hydroxylation is 1. The number of rotatable bonds is 4. The first-order valence-corrected chi connectivity index (χ1v) is 7.42. The van der Waals surface area contributed by atoms with Crippen molar-refractivity contribution in [2.24, 2.45) is 0 Å². The molecule has 1 aromatic rings. The summed E-state index contributed by atoms with van der Waals surface area (Å²) in [5.74, 6) is 0.288. The maximum atomic E-state index is 12.5. The zero-order valence-corrected chi connectivity index (χ0v) is 12.1. The van der Waals surface area contributed by atoms with Crippen LogP contribution in [0.3, 0.4) is 0 Å². The summed E-state index contributed by atoms with van der Waals surface area (Å²) < 4.78 is 0. The molecule has 1 N–H and O–H groups in total. The van der Waals surface area contributed by atoms with Gasteiger partial charge in [0.05, 0.1) is 0 Å². The molecule has 0 aromatic heterocycles. The van der Waals surface area contributed by atoms with Gasteiger partial charge in [0, 0.05) is 23.5 Å². The van der Waals surface area contributed by atoms with Crippen LogP contribution >= 0.6 is 15.9 Å². The van der Waals surface area contributed by atoms with Gasteiger partial charge in [-0.1, -0.05) is 15.9 Å². The molecule has 0 spiro atoms. The van der Waals surface area contributed by atoms with E-state index < -0.39 is 0 Å². The van der Waals surface area contributed by atoms with E-state index in [9.17, 15) is 9.90 Å². The second-order valence-electron chi connectivity index (χ2n) is 4.77. The fourth-order valence-corrected chi connectivity index (χ4v) is 2.66. The van der Waals surface area contributed by atoms with Crippen molar-refractivity contribution in [2.45, 2.75) is 32.2 Å². The monoisotopic (exact) mass is 311 g/mol. The largest absolute Gasteiger partial charge is 0.508 e. The molecular weight excluding hydrogens is 294 g/mol. The predicted molar refractivity (Wildman–Crippen MR) is 75.3 cm³/mol. The maximum absolute atomic E-state index is 12.5. The van der Waals surface area contributed by atoms with E-state index in [0.717, 1.165) is 30.3 Å². The van der Waals surface area contributed by atoms with Crippen molar-refractivity contribution < 1.29 is 9.90 Å². The number of amides is 1. The summed E-state index contributed by atoms with van der Waals surface area (Å²) >= 11 is 3.41. The average Bonchev–Trinajstić information content (AvgIpc) is 2.25. The van der Waals surface area contributed by atoms with Crippen molar-refractivity contribution in [2.75, 3.05) is 11.9 Å². The van der Waals surface area contributed by atoms with Gasteiger partial charge in [0.1, 0.15) is 5.75 Å². The van der Waals surface area contributed by atoms with Gasteiger partial charge in [0.25, 0.3) is 5.91 Å². The Morgan fingerprint density at radius 3 is 2.72 bits per heavy atom. The SMILES string of the molecule is Cc1cc(O)ccc1C(=O)N(CCBr)C1CCC1. The lowest BCUT2D eigenvalue weighted by molar-refractivity contribution is 0.0599. The summed E-state index contributed by atoms with van der Waals surface area (Å²) in [5, 5.41) is 10.2. The van der Waals surface area contributed by atoms with E-state index in [1.165, 1.54) is 6.42 Å². The summed E-state index contributed by atoms with van der Waals surface area (Å²) in [5.41, 5.74) is 1.53. The zero-order valence-electron chi connectivity index (χ0n) is 10.5. The third-order valence-corrected chi connectivity index (χ3v) is 3.90. The van der Waals surface area contributed by atoms with Crippen LogP contribution < -0.4 is 0 Å². The first kappa shape index (κ1) is 13.4. The smallest absolute Gasteiger partial charge is 0.254 e. The van der Waals surface area contributed by atoms with Gasteiger partial charge < -0.3 is 10.0 Å². The molecule has 1 aliphatic carbocycles. The van der Waals surface area contributed by atoms with Gasteiger partial charge in [-0.05, 0) is 49.9 Å². The fraction of sp³-hybridized carbons (Fsp3) is 0.500. The molecule has 0 radical (unpaired) electrons. The number of hydrogen-bond donors (Lipinski definition) is 1. The van der Waals surface area contributed by atoms with Crippen LogP contribution in [0.25, 0.3) is 0 Å². The van der Waals surface area contributed by atoms with Crippen LogP contribution in [0.15, 0.2) is 18.2 Å². The van der Waals surface area contributed by atoms with E-state index in [0.29, 0.717) is 11.6 Å². The number of carbonyl (C=O) groups is 1. The second kappa shape index (κ2) is 5.74. The molecule has 4 heteroatoms. The third kappa shape index (κ3) is 2.69. The second-order valence-corrected chi connectivity index (χ2v) is 5.56. The number of aromatic hydroxyl groups is 1. The van der Waals surface area contributed by atoms with Gasteiger partial charge in [0.15, 0.2) is 0 Å². The van der Waals surface area contributed by atoms with Crippen LogP contribution in [0.5, 0.6) is 5.75 Å². The van der Waals surface area contributed by atoms with E-state index in [4.69, 9.17) is 0 Å². The number of halogens is 1. The van der Waals surface area contributed by atoms with Crippen LogP contribution in [0.1, 0.15) is 35.2 Å². The zero-order chi connectivity index (χ0) is 13.1. The van der Waals surface area contributed by atoms with E-state index in [2.05, 4.69) is 15.9 Å². The van der Waals surface area contributed by atoms with Gasteiger partial charge >= 0.3 is 0 Å². The molecule has 0 saturated heterocycles. The van der Waals surface area contributed by atoms with Crippen molar-refractivity contribution in [3.8, 4) is 5.75 Å². The molecule has 0 atom stereocenters. The van der Waals surface area contributed by atoms with Gasteiger partial charge in [-0.2, -0.15) is 0 Å². The van der Waals surface area contributed by atoms with E-state index in [1.807, 2.05) is 11.8 Å². The lowest BCUT2D eigenvalue weighted by Gasteiger charge is -2.37. The minimum atomic E-state index is 0.0802. The van der Waals surface area contributed by atoms with E-state index in [1.54, 1.807) is 18.2 Å². The van der Waals surface area contributed by atoms with Gasteiger partial charge in [0.2, 0.25) is 0 Å². The number of phenolic OH excluding ortho intramolecular Hbond substituents is 1. The van der Waals surface area contributed by atoms with E-state index in [-0.39, 0.29) is 11.7 Å². The summed E-state index contributed by atoms with van der Waals surface area (Å²) in [6.07, 6.45) is 3.43. The Kier molecular flexibility index (Phi) is 4.27. The Balaban J connectivity index is 2.21. The summed E-state index contributed by atoms with van der Waals surface area (Å²) in [4.78, 5) is 14.5. The number of alkyl halides is 1. The molecule has 0 unspecified atom stereocenters. The van der Waals surface area contributed by atoms with Gasteiger partial charge in [-0.15, -0.1) is 0 Å². The highest BCUT2D eigenvalue weighted by Gasteiger charge is 2.29. The van der Waals surface area contributed by atoms with Crippen molar-refractivity contribution >= 4 is 21.8 Å². The third-order valence-electron chi connectivity index (χ3n) is 3.54. The molecule has 3 nitrogen and oxygen atoms in total. The van der Waals surface area contributed by atoms with Crippen molar-refractivity contribution in [3.05, 3.63) is 29.3 Å². The Hall–Kier alpha value is -1.03. The molecule has 1 amide bonds. The molecular formula is C14H18BrNO2. The molecule has 1 aliphatic rings. The first-order chi connectivity index (χ1) is 8.63. The Labute approximate surface area is 116 Å². The molecule has 1 fully saturated rings. The van der Waals surface area contributed by atoms with Crippen LogP contribution in [0.2, 0.25) is 0 Å². The molecule has 1 saturated carbocycles. The van der Waals surface area contributed by atoms with Crippen molar-refractivity contribution in [1.29, 1.82) is 0 Å². The molecule has 18 heavy (non-hydrogen) atoms. The molecule has 2 rings (SSSR count). The highest BCUT2D eigenvalue weighted by molar-refractivity contribution is 9.09. The lowest BCUT2D eigenvalue weighted by Crippen LogP contribution is -2.45. The lowest BCUT2D eigenvalue weighted by atomic mass is 9.90. The molecule has 0 bridgehead atoms. The van der Waals surface area contributed by atoms with E-state index >= 15 is 0 Å². The summed E-state index contributed by atoms with van der Waals surface area (Å²) in [6, 6.07) is 5.32. The minimum Gasteiger partial charge on any atom is -0.508 e. The van der Waals surface area contributed by atoms with Crippen LogP contribution in [-0.4, -0.2) is 33.8 Å². The highest BCUT2D eigenvalue weighted by Crippen LogP contribution is 2.27. The molecule has 98 valence electrons. The Morgan fingerprint density at radius 2 is 2.22 bits per heavy atom. The maximum Gasteiger partial charge on any atom is 0.254 e. The first-order valence-electron chi connectivity index (χ1n) is 6.30. The fourth-order valence-electron chi connectivity index (χ4n) is 2.28. The standard InChI is InChI=1S/C14H18BrNO2/c1-10-9-12(17)5-6-13(10)14(18)16(8-7-15)11-3-2-4-11/h5-6,9,11,17H,2-4,7-8H2,1H3.